The van der Waals surface area contributed by atoms with Gasteiger partial charge in [-0.25, -0.2) is 0 Å². The predicted molar refractivity (Wildman–Crippen MR) is 76.4 cm³/mol. The SMILES string of the molecule is COC1=CC2=C3CCCC(C)C3CCC23CNC=C13. The van der Waals surface area contributed by atoms with Gasteiger partial charge in [0.1, 0.15) is 5.76 Å². The van der Waals surface area contributed by atoms with E-state index < -0.39 is 0 Å². The first kappa shape index (κ1) is 11.6. The van der Waals surface area contributed by atoms with Crippen molar-refractivity contribution in [2.75, 3.05) is 13.7 Å². The van der Waals surface area contributed by atoms with E-state index >= 15 is 0 Å². The first-order valence-corrected chi connectivity index (χ1v) is 7.70. The number of fused-ring (bicyclic) bond motifs is 1. The van der Waals surface area contributed by atoms with E-state index in [2.05, 4.69) is 24.5 Å². The standard InChI is InChI=1S/C17H23NO/c1-11-4-3-5-13-12(11)6-7-17-10-18-9-15(17)16(19-2)8-14(13)17/h8-9,11-12,18H,3-7,10H2,1-2H3. The van der Waals surface area contributed by atoms with Crippen molar-refractivity contribution in [3.05, 3.63) is 34.8 Å². The van der Waals surface area contributed by atoms with Crippen LogP contribution in [0.3, 0.4) is 0 Å². The van der Waals surface area contributed by atoms with Crippen LogP contribution in [0.25, 0.3) is 0 Å². The third-order valence-electron chi connectivity index (χ3n) is 5.91. The molecule has 0 radical (unpaired) electrons. The fourth-order valence-corrected chi connectivity index (χ4v) is 4.92. The number of methoxy groups -OCH3 is 1. The number of rotatable bonds is 1. The zero-order valence-electron chi connectivity index (χ0n) is 12.0. The number of allylic oxidation sites excluding steroid dienone is 3. The van der Waals surface area contributed by atoms with Gasteiger partial charge in [-0.2, -0.15) is 0 Å². The third kappa shape index (κ3) is 1.38. The van der Waals surface area contributed by atoms with E-state index in [0.29, 0.717) is 0 Å². The molecule has 3 unspecified atom stereocenters. The highest BCUT2D eigenvalue weighted by atomic mass is 16.5. The van der Waals surface area contributed by atoms with Crippen molar-refractivity contribution in [3.63, 3.8) is 0 Å². The number of nitrogens with one attached hydrogen (secondary N) is 1. The van der Waals surface area contributed by atoms with E-state index in [0.717, 1.165) is 24.1 Å². The van der Waals surface area contributed by atoms with Crippen molar-refractivity contribution in [2.24, 2.45) is 17.3 Å². The molecule has 0 aromatic rings. The van der Waals surface area contributed by atoms with Gasteiger partial charge in [0.2, 0.25) is 0 Å². The summed E-state index contributed by atoms with van der Waals surface area (Å²) in [6.07, 6.45) is 11.3. The van der Waals surface area contributed by atoms with Crippen LogP contribution in [0, 0.1) is 17.3 Å². The van der Waals surface area contributed by atoms with Gasteiger partial charge in [0, 0.05) is 23.7 Å². The molecule has 0 aromatic heterocycles. The first-order valence-electron chi connectivity index (χ1n) is 7.70. The molecule has 3 aliphatic carbocycles. The van der Waals surface area contributed by atoms with Crippen molar-refractivity contribution in [1.82, 2.24) is 5.32 Å². The Kier molecular flexibility index (Phi) is 2.39. The van der Waals surface area contributed by atoms with Crippen LogP contribution < -0.4 is 5.32 Å². The maximum Gasteiger partial charge on any atom is 0.124 e. The summed E-state index contributed by atoms with van der Waals surface area (Å²) in [5.41, 5.74) is 5.04. The molecule has 0 amide bonds. The van der Waals surface area contributed by atoms with E-state index in [1.807, 2.05) is 7.11 Å². The molecule has 1 aliphatic heterocycles. The minimum absolute atomic E-state index is 0.258. The molecule has 4 rings (SSSR count). The van der Waals surface area contributed by atoms with Crippen LogP contribution in [0.5, 0.6) is 0 Å². The van der Waals surface area contributed by atoms with Crippen molar-refractivity contribution < 1.29 is 4.74 Å². The topological polar surface area (TPSA) is 21.3 Å². The number of ether oxygens (including phenoxy) is 1. The molecular formula is C17H23NO. The van der Waals surface area contributed by atoms with Gasteiger partial charge in [-0.3, -0.25) is 0 Å². The minimum Gasteiger partial charge on any atom is -0.496 e. The molecule has 2 heteroatoms. The summed E-state index contributed by atoms with van der Waals surface area (Å²) in [6, 6.07) is 0. The Morgan fingerprint density at radius 2 is 2.26 bits per heavy atom. The zero-order valence-corrected chi connectivity index (χ0v) is 12.0. The molecule has 0 saturated heterocycles. The Morgan fingerprint density at radius 1 is 1.37 bits per heavy atom. The summed E-state index contributed by atoms with van der Waals surface area (Å²) < 4.78 is 5.64. The van der Waals surface area contributed by atoms with Crippen LogP contribution in [-0.4, -0.2) is 13.7 Å². The minimum atomic E-state index is 0.258. The van der Waals surface area contributed by atoms with Gasteiger partial charge in [0.05, 0.1) is 7.11 Å². The van der Waals surface area contributed by atoms with E-state index in [1.54, 1.807) is 11.1 Å². The van der Waals surface area contributed by atoms with Crippen molar-refractivity contribution in [3.8, 4) is 0 Å². The molecule has 1 saturated carbocycles. The van der Waals surface area contributed by atoms with Gasteiger partial charge in [0.25, 0.3) is 0 Å². The first-order chi connectivity index (χ1) is 9.26. The van der Waals surface area contributed by atoms with E-state index in [1.165, 1.54) is 37.7 Å². The van der Waals surface area contributed by atoms with E-state index in [4.69, 9.17) is 4.74 Å². The Balaban J connectivity index is 1.87. The smallest absolute Gasteiger partial charge is 0.124 e. The molecule has 3 atom stereocenters. The average Bonchev–Trinajstić information content (AvgIpc) is 2.94. The van der Waals surface area contributed by atoms with Gasteiger partial charge in [-0.1, -0.05) is 12.5 Å². The Labute approximate surface area is 115 Å². The second kappa shape index (κ2) is 3.91. The second-order valence-corrected chi connectivity index (χ2v) is 6.69. The number of hydrogen-bond donors (Lipinski definition) is 1. The normalized spacial score (nSPS) is 39.9. The fraction of sp³-hybridized carbons (Fsp3) is 0.647. The highest BCUT2D eigenvalue weighted by Gasteiger charge is 2.51. The van der Waals surface area contributed by atoms with Crippen LogP contribution in [0.15, 0.2) is 34.8 Å². The van der Waals surface area contributed by atoms with Gasteiger partial charge >= 0.3 is 0 Å². The van der Waals surface area contributed by atoms with Crippen LogP contribution in [0.4, 0.5) is 0 Å². The number of hydrogen-bond acceptors (Lipinski definition) is 2. The predicted octanol–water partition coefficient (Wildman–Crippen LogP) is 3.53. The largest absolute Gasteiger partial charge is 0.496 e. The van der Waals surface area contributed by atoms with Crippen molar-refractivity contribution in [1.29, 1.82) is 0 Å². The highest BCUT2D eigenvalue weighted by molar-refractivity contribution is 5.59. The maximum absolute atomic E-state index is 5.64. The molecule has 4 aliphatic rings. The molecular weight excluding hydrogens is 234 g/mol. The van der Waals surface area contributed by atoms with Crippen LogP contribution in [-0.2, 0) is 4.74 Å². The molecule has 1 spiro atoms. The average molecular weight is 257 g/mol. The van der Waals surface area contributed by atoms with E-state index in [9.17, 15) is 0 Å². The van der Waals surface area contributed by atoms with Crippen LogP contribution >= 0.6 is 0 Å². The molecule has 1 fully saturated rings. The quantitative estimate of drug-likeness (QED) is 0.776. The molecule has 1 N–H and O–H groups in total. The lowest BCUT2D eigenvalue weighted by molar-refractivity contribution is 0.239. The van der Waals surface area contributed by atoms with Gasteiger partial charge in [0.15, 0.2) is 0 Å². The lowest BCUT2D eigenvalue weighted by Gasteiger charge is -2.43. The van der Waals surface area contributed by atoms with Gasteiger partial charge in [-0.15, -0.1) is 0 Å². The zero-order chi connectivity index (χ0) is 13.0. The molecule has 19 heavy (non-hydrogen) atoms. The molecule has 2 nitrogen and oxygen atoms in total. The van der Waals surface area contributed by atoms with Gasteiger partial charge < -0.3 is 10.1 Å². The second-order valence-electron chi connectivity index (χ2n) is 6.69. The van der Waals surface area contributed by atoms with E-state index in [-0.39, 0.29) is 5.41 Å². The lowest BCUT2D eigenvalue weighted by Crippen LogP contribution is -2.36. The summed E-state index contributed by atoms with van der Waals surface area (Å²) in [5.74, 6) is 2.81. The molecule has 102 valence electrons. The Bertz CT molecular complexity index is 513. The van der Waals surface area contributed by atoms with Crippen molar-refractivity contribution in [2.45, 2.75) is 39.0 Å². The summed E-state index contributed by atoms with van der Waals surface area (Å²) >= 11 is 0. The highest BCUT2D eigenvalue weighted by Crippen LogP contribution is 2.59. The summed E-state index contributed by atoms with van der Waals surface area (Å²) in [4.78, 5) is 0. The molecule has 0 aromatic carbocycles. The third-order valence-corrected chi connectivity index (χ3v) is 5.91. The maximum atomic E-state index is 5.64. The Morgan fingerprint density at radius 3 is 3.11 bits per heavy atom. The van der Waals surface area contributed by atoms with Gasteiger partial charge in [-0.05, 0) is 55.6 Å². The van der Waals surface area contributed by atoms with Crippen LogP contribution in [0.1, 0.15) is 39.0 Å². The molecule has 0 bridgehead atoms. The van der Waals surface area contributed by atoms with Crippen molar-refractivity contribution >= 4 is 0 Å². The monoisotopic (exact) mass is 257 g/mol. The molecule has 1 heterocycles. The lowest BCUT2D eigenvalue weighted by atomic mass is 9.61. The fourth-order valence-electron chi connectivity index (χ4n) is 4.92. The summed E-state index contributed by atoms with van der Waals surface area (Å²) in [7, 11) is 1.81. The van der Waals surface area contributed by atoms with Crippen LogP contribution in [0.2, 0.25) is 0 Å². The summed E-state index contributed by atoms with van der Waals surface area (Å²) in [6.45, 7) is 3.52. The Hall–Kier alpha value is -1.18. The summed E-state index contributed by atoms with van der Waals surface area (Å²) in [5, 5.41) is 3.47.